The Kier molecular flexibility index (Phi) is 6.07. The lowest BCUT2D eigenvalue weighted by molar-refractivity contribution is 0.354. The van der Waals surface area contributed by atoms with Crippen LogP contribution in [0.25, 0.3) is 10.9 Å². The van der Waals surface area contributed by atoms with Gasteiger partial charge in [-0.25, -0.2) is 8.42 Å². The number of ether oxygens (including phenoxy) is 1. The third-order valence-corrected chi connectivity index (χ3v) is 9.03. The molecule has 35 heavy (non-hydrogen) atoms. The molecule has 7 heteroatoms. The largest absolute Gasteiger partial charge is 0.508 e. The lowest BCUT2D eigenvalue weighted by atomic mass is 9.83. The molecule has 1 aliphatic rings. The molecule has 1 N–H and O–H groups in total. The Balaban J connectivity index is 1.70. The summed E-state index contributed by atoms with van der Waals surface area (Å²) in [6.45, 7) is 2.39. The zero-order chi connectivity index (χ0) is 24.7. The number of phenols is 1. The molecule has 5 rings (SSSR count). The lowest BCUT2D eigenvalue weighted by Crippen LogP contribution is -2.39. The number of fused-ring (bicyclic) bond motifs is 1. The molecular formula is C28H30N2O4S. The second-order valence-corrected chi connectivity index (χ2v) is 11.1. The van der Waals surface area contributed by atoms with Gasteiger partial charge < -0.3 is 14.4 Å². The van der Waals surface area contributed by atoms with E-state index in [0.29, 0.717) is 17.9 Å². The molecule has 0 radical (unpaired) electrons. The number of hydrogen-bond acceptors (Lipinski definition) is 4. The van der Waals surface area contributed by atoms with E-state index in [1.54, 1.807) is 35.7 Å². The molecule has 1 fully saturated rings. The molecule has 4 aromatic rings. The maximum absolute atomic E-state index is 13.8. The molecule has 0 saturated carbocycles. The molecule has 2 atom stereocenters. The molecule has 0 spiro atoms. The van der Waals surface area contributed by atoms with E-state index in [9.17, 15) is 13.5 Å². The Morgan fingerprint density at radius 2 is 1.77 bits per heavy atom. The summed E-state index contributed by atoms with van der Waals surface area (Å²) in [5, 5.41) is 11.9. The Morgan fingerprint density at radius 3 is 2.49 bits per heavy atom. The zero-order valence-electron chi connectivity index (χ0n) is 20.2. The van der Waals surface area contributed by atoms with E-state index in [1.165, 1.54) is 0 Å². The van der Waals surface area contributed by atoms with Crippen molar-refractivity contribution in [3.05, 3.63) is 89.6 Å². The number of benzene rings is 3. The second kappa shape index (κ2) is 9.06. The van der Waals surface area contributed by atoms with Crippen molar-refractivity contribution >= 4 is 20.9 Å². The van der Waals surface area contributed by atoms with Crippen molar-refractivity contribution in [3.8, 4) is 11.5 Å². The SMILES string of the molecule is COc1ccc2c(c1)c([C@H](c1ccccc1O)[C@H]1CCCN1S(=O)(=O)c1ccc(C)cc1)cn2C. The van der Waals surface area contributed by atoms with Crippen molar-refractivity contribution in [2.75, 3.05) is 13.7 Å². The first kappa shape index (κ1) is 23.5. The second-order valence-electron chi connectivity index (χ2n) is 9.25. The first-order valence-corrected chi connectivity index (χ1v) is 13.2. The molecule has 0 bridgehead atoms. The highest BCUT2D eigenvalue weighted by Crippen LogP contribution is 2.44. The molecule has 1 saturated heterocycles. The Labute approximate surface area is 206 Å². The van der Waals surface area contributed by atoms with Crippen LogP contribution in [0.2, 0.25) is 0 Å². The van der Waals surface area contributed by atoms with Gasteiger partial charge in [-0.15, -0.1) is 0 Å². The molecular weight excluding hydrogens is 460 g/mol. The van der Waals surface area contributed by atoms with E-state index in [2.05, 4.69) is 6.20 Å². The van der Waals surface area contributed by atoms with Gasteiger partial charge in [0.15, 0.2) is 0 Å². The van der Waals surface area contributed by atoms with Gasteiger partial charge in [-0.2, -0.15) is 4.31 Å². The summed E-state index contributed by atoms with van der Waals surface area (Å²) in [7, 11) is -0.0997. The predicted octanol–water partition coefficient (Wildman–Crippen LogP) is 5.19. The Bertz CT molecular complexity index is 1470. The highest BCUT2D eigenvalue weighted by atomic mass is 32.2. The van der Waals surface area contributed by atoms with Gasteiger partial charge in [-0.05, 0) is 61.7 Å². The fourth-order valence-electron chi connectivity index (χ4n) is 5.35. The minimum absolute atomic E-state index is 0.164. The van der Waals surface area contributed by atoms with Crippen LogP contribution in [-0.2, 0) is 17.1 Å². The van der Waals surface area contributed by atoms with Crippen molar-refractivity contribution in [2.24, 2.45) is 7.05 Å². The van der Waals surface area contributed by atoms with E-state index in [0.717, 1.165) is 39.8 Å². The van der Waals surface area contributed by atoms with Gasteiger partial charge in [-0.3, -0.25) is 0 Å². The highest BCUT2D eigenvalue weighted by Gasteiger charge is 2.42. The summed E-state index contributed by atoms with van der Waals surface area (Å²) < 4.78 is 36.8. The predicted molar refractivity (Wildman–Crippen MR) is 138 cm³/mol. The fourth-order valence-corrected chi connectivity index (χ4v) is 7.06. The fraction of sp³-hybridized carbons (Fsp3) is 0.286. The van der Waals surface area contributed by atoms with E-state index in [4.69, 9.17) is 4.74 Å². The minimum atomic E-state index is -3.72. The Morgan fingerprint density at radius 1 is 1.03 bits per heavy atom. The average molecular weight is 491 g/mol. The molecule has 2 heterocycles. The number of para-hydroxylation sites is 1. The van der Waals surface area contributed by atoms with Crippen molar-refractivity contribution in [1.82, 2.24) is 8.87 Å². The van der Waals surface area contributed by atoms with Gasteiger partial charge in [0, 0.05) is 48.2 Å². The van der Waals surface area contributed by atoms with Crippen LogP contribution in [0, 0.1) is 6.92 Å². The van der Waals surface area contributed by atoms with Crippen LogP contribution in [-0.4, -0.2) is 42.1 Å². The molecule has 6 nitrogen and oxygen atoms in total. The van der Waals surface area contributed by atoms with Gasteiger partial charge in [-0.1, -0.05) is 35.9 Å². The van der Waals surface area contributed by atoms with Gasteiger partial charge in [0.05, 0.1) is 12.0 Å². The van der Waals surface area contributed by atoms with Gasteiger partial charge in [0.2, 0.25) is 10.0 Å². The van der Waals surface area contributed by atoms with Crippen molar-refractivity contribution in [2.45, 2.75) is 36.6 Å². The van der Waals surface area contributed by atoms with E-state index in [-0.39, 0.29) is 17.7 Å². The maximum Gasteiger partial charge on any atom is 0.243 e. The van der Waals surface area contributed by atoms with Crippen LogP contribution >= 0.6 is 0 Å². The number of aromatic hydroxyl groups is 1. The number of aromatic nitrogens is 1. The summed E-state index contributed by atoms with van der Waals surface area (Å²) >= 11 is 0. The van der Waals surface area contributed by atoms with Crippen LogP contribution in [0.1, 0.15) is 35.4 Å². The molecule has 182 valence electrons. The van der Waals surface area contributed by atoms with Crippen LogP contribution in [0.5, 0.6) is 11.5 Å². The molecule has 3 aromatic carbocycles. The number of hydrogen-bond donors (Lipinski definition) is 1. The molecule has 1 aromatic heterocycles. The van der Waals surface area contributed by atoms with Crippen LogP contribution in [0.15, 0.2) is 77.8 Å². The smallest absolute Gasteiger partial charge is 0.243 e. The van der Waals surface area contributed by atoms with E-state index < -0.39 is 10.0 Å². The third kappa shape index (κ3) is 4.09. The molecule has 1 aliphatic heterocycles. The Hall–Kier alpha value is -3.29. The number of phenolic OH excluding ortho intramolecular Hbond substituents is 1. The van der Waals surface area contributed by atoms with E-state index >= 15 is 0 Å². The zero-order valence-corrected chi connectivity index (χ0v) is 21.0. The standard InChI is InChI=1S/C28H30N2O4S/c1-19-10-13-21(14-11-19)35(32,33)30-16-6-8-26(30)28(22-7-4-5-9-27(22)31)24-18-29(2)25-15-12-20(34-3)17-23(24)25/h4-5,7,9-15,17-18,26,28,31H,6,8,16H2,1-3H3/t26-,28+/m1/s1. The maximum atomic E-state index is 13.8. The summed E-state index contributed by atoms with van der Waals surface area (Å²) in [5.41, 5.74) is 3.73. The van der Waals surface area contributed by atoms with E-state index in [1.807, 2.05) is 61.0 Å². The summed E-state index contributed by atoms with van der Waals surface area (Å²) in [5.74, 6) is 0.545. The quantitative estimate of drug-likeness (QED) is 0.404. The monoisotopic (exact) mass is 490 g/mol. The highest BCUT2D eigenvalue weighted by molar-refractivity contribution is 7.89. The lowest BCUT2D eigenvalue weighted by Gasteiger charge is -2.32. The summed E-state index contributed by atoms with van der Waals surface area (Å²) in [6, 6.07) is 19.8. The van der Waals surface area contributed by atoms with Crippen LogP contribution in [0.4, 0.5) is 0 Å². The summed E-state index contributed by atoms with van der Waals surface area (Å²) in [4.78, 5) is 0.297. The first-order valence-electron chi connectivity index (χ1n) is 11.8. The minimum Gasteiger partial charge on any atom is -0.508 e. The van der Waals surface area contributed by atoms with Crippen LogP contribution in [0.3, 0.4) is 0 Å². The van der Waals surface area contributed by atoms with Crippen molar-refractivity contribution in [1.29, 1.82) is 0 Å². The number of rotatable bonds is 6. The van der Waals surface area contributed by atoms with Crippen molar-refractivity contribution in [3.63, 3.8) is 0 Å². The number of nitrogens with zero attached hydrogens (tertiary/aromatic N) is 2. The topological polar surface area (TPSA) is 71.8 Å². The molecule has 0 amide bonds. The normalized spacial score (nSPS) is 17.6. The molecule has 0 aliphatic carbocycles. The van der Waals surface area contributed by atoms with Gasteiger partial charge >= 0.3 is 0 Å². The first-order chi connectivity index (χ1) is 16.8. The van der Waals surface area contributed by atoms with Crippen molar-refractivity contribution < 1.29 is 18.3 Å². The van der Waals surface area contributed by atoms with Gasteiger partial charge in [0.25, 0.3) is 0 Å². The average Bonchev–Trinajstić information content (AvgIpc) is 3.46. The third-order valence-electron chi connectivity index (χ3n) is 7.09. The molecule has 0 unspecified atom stereocenters. The van der Waals surface area contributed by atoms with Crippen LogP contribution < -0.4 is 4.74 Å². The number of methoxy groups -OCH3 is 1. The number of sulfonamides is 1. The number of aryl methyl sites for hydroxylation is 2. The van der Waals surface area contributed by atoms with Gasteiger partial charge in [0.1, 0.15) is 11.5 Å². The summed E-state index contributed by atoms with van der Waals surface area (Å²) in [6.07, 6.45) is 3.51.